The van der Waals surface area contributed by atoms with Crippen LogP contribution in [-0.2, 0) is 4.79 Å². The average Bonchev–Trinajstić information content (AvgIpc) is 2.87. The van der Waals surface area contributed by atoms with E-state index in [1.54, 1.807) is 25.4 Å². The van der Waals surface area contributed by atoms with Crippen molar-refractivity contribution in [3.63, 3.8) is 0 Å². The first-order valence-electron chi connectivity index (χ1n) is 11.9. The van der Waals surface area contributed by atoms with E-state index in [4.69, 9.17) is 5.26 Å². The van der Waals surface area contributed by atoms with Gasteiger partial charge in [-0.15, -0.1) is 0 Å². The van der Waals surface area contributed by atoms with Gasteiger partial charge in [0.2, 0.25) is 11.9 Å². The Kier molecular flexibility index (Phi) is 9.25. The zero-order valence-electron chi connectivity index (χ0n) is 20.1. The fourth-order valence-electron chi connectivity index (χ4n) is 3.76. The molecule has 1 saturated carbocycles. The Bertz CT molecular complexity index is 1070. The maximum Gasteiger partial charge on any atom is 0.237 e. The molecule has 1 aliphatic carbocycles. The molecule has 1 aromatic heterocycles. The van der Waals surface area contributed by atoms with Gasteiger partial charge < -0.3 is 21.3 Å². The van der Waals surface area contributed by atoms with Gasteiger partial charge in [-0.1, -0.05) is 25.2 Å². The Balaban J connectivity index is 1.70. The minimum atomic E-state index is -0.202. The molecule has 0 bridgehead atoms. The van der Waals surface area contributed by atoms with Crippen molar-refractivity contribution in [3.8, 4) is 17.9 Å². The molecule has 8 nitrogen and oxygen atoms in total. The number of hydrogen-bond acceptors (Lipinski definition) is 7. The van der Waals surface area contributed by atoms with Crippen LogP contribution in [0.3, 0.4) is 0 Å². The third-order valence-electron chi connectivity index (χ3n) is 5.86. The molecule has 1 amide bonds. The molecule has 1 aliphatic rings. The van der Waals surface area contributed by atoms with Crippen LogP contribution in [0.25, 0.3) is 0 Å². The summed E-state index contributed by atoms with van der Waals surface area (Å²) in [5.74, 6) is 8.09. The standard InChI is InChI=1S/C26H33N7O/c1-4-14-29-24-21(17-30-26(33-24)32-22-12-9-20(16-27)10-13-22)11-8-19-6-5-7-23(15-19)31-25(34)18(2)28-3/h9-10,12-13,17-19,23,28H,4-7,14-15H2,1-3H3,(H,31,34)(H2,29,30,32,33)/t18-,19-,23-/m0/s1. The molecule has 0 saturated heterocycles. The van der Waals surface area contributed by atoms with Crippen LogP contribution in [0, 0.1) is 29.1 Å². The lowest BCUT2D eigenvalue weighted by molar-refractivity contribution is -0.123. The summed E-state index contributed by atoms with van der Waals surface area (Å²) in [6, 6.07) is 9.21. The number of nitrogens with one attached hydrogen (secondary N) is 4. The van der Waals surface area contributed by atoms with Crippen LogP contribution in [0.15, 0.2) is 30.5 Å². The van der Waals surface area contributed by atoms with Gasteiger partial charge in [0.05, 0.1) is 29.4 Å². The second-order valence-electron chi connectivity index (χ2n) is 8.55. The van der Waals surface area contributed by atoms with E-state index in [0.29, 0.717) is 17.3 Å². The van der Waals surface area contributed by atoms with E-state index >= 15 is 0 Å². The molecule has 8 heteroatoms. The quantitative estimate of drug-likeness (QED) is 0.446. The zero-order chi connectivity index (χ0) is 24.3. The number of hydrogen-bond donors (Lipinski definition) is 4. The summed E-state index contributed by atoms with van der Waals surface area (Å²) in [5, 5.41) is 21.6. The number of nitriles is 1. The summed E-state index contributed by atoms with van der Waals surface area (Å²) in [4.78, 5) is 21.3. The predicted octanol–water partition coefficient (Wildman–Crippen LogP) is 3.55. The molecule has 34 heavy (non-hydrogen) atoms. The van der Waals surface area contributed by atoms with Gasteiger partial charge in [0.15, 0.2) is 0 Å². The summed E-state index contributed by atoms with van der Waals surface area (Å²) in [5.41, 5.74) is 2.17. The van der Waals surface area contributed by atoms with Crippen LogP contribution < -0.4 is 21.3 Å². The van der Waals surface area contributed by atoms with Crippen molar-refractivity contribution >= 4 is 23.4 Å². The van der Waals surface area contributed by atoms with Gasteiger partial charge in [0.1, 0.15) is 5.82 Å². The van der Waals surface area contributed by atoms with E-state index in [1.807, 2.05) is 19.1 Å². The highest BCUT2D eigenvalue weighted by atomic mass is 16.2. The molecular weight excluding hydrogens is 426 g/mol. The van der Waals surface area contributed by atoms with E-state index in [1.165, 1.54) is 0 Å². The lowest BCUT2D eigenvalue weighted by Gasteiger charge is -2.28. The van der Waals surface area contributed by atoms with Gasteiger partial charge in [-0.25, -0.2) is 4.98 Å². The maximum atomic E-state index is 12.2. The van der Waals surface area contributed by atoms with Crippen molar-refractivity contribution in [2.24, 2.45) is 5.92 Å². The molecule has 2 aromatic rings. The van der Waals surface area contributed by atoms with Crippen molar-refractivity contribution in [2.75, 3.05) is 24.2 Å². The normalized spacial score (nSPS) is 18.1. The smallest absolute Gasteiger partial charge is 0.237 e. The van der Waals surface area contributed by atoms with Gasteiger partial charge in [-0.3, -0.25) is 4.79 Å². The number of amides is 1. The molecule has 0 unspecified atom stereocenters. The Morgan fingerprint density at radius 3 is 2.76 bits per heavy atom. The summed E-state index contributed by atoms with van der Waals surface area (Å²) in [6.07, 6.45) is 6.61. The highest BCUT2D eigenvalue weighted by Gasteiger charge is 2.23. The van der Waals surface area contributed by atoms with Crippen molar-refractivity contribution in [1.82, 2.24) is 20.6 Å². The summed E-state index contributed by atoms with van der Waals surface area (Å²) >= 11 is 0. The summed E-state index contributed by atoms with van der Waals surface area (Å²) in [6.45, 7) is 4.74. The molecule has 3 rings (SSSR count). The van der Waals surface area contributed by atoms with Gasteiger partial charge in [-0.2, -0.15) is 10.2 Å². The van der Waals surface area contributed by atoms with Crippen molar-refractivity contribution in [1.29, 1.82) is 5.26 Å². The first-order chi connectivity index (χ1) is 16.5. The van der Waals surface area contributed by atoms with Gasteiger partial charge >= 0.3 is 0 Å². The topological polar surface area (TPSA) is 115 Å². The molecule has 3 atom stereocenters. The number of carbonyl (C=O) groups is 1. The van der Waals surface area contributed by atoms with Crippen LogP contribution in [0.1, 0.15) is 57.1 Å². The molecule has 1 fully saturated rings. The van der Waals surface area contributed by atoms with Crippen LogP contribution in [0.2, 0.25) is 0 Å². The van der Waals surface area contributed by atoms with Gasteiger partial charge in [0.25, 0.3) is 0 Å². The van der Waals surface area contributed by atoms with Gasteiger partial charge in [0, 0.05) is 24.2 Å². The first-order valence-corrected chi connectivity index (χ1v) is 11.9. The molecule has 1 aromatic carbocycles. The Morgan fingerprint density at radius 1 is 1.26 bits per heavy atom. The maximum absolute atomic E-state index is 12.2. The van der Waals surface area contributed by atoms with Crippen LogP contribution in [0.5, 0.6) is 0 Å². The molecule has 178 valence electrons. The average molecular weight is 460 g/mol. The van der Waals surface area contributed by atoms with Crippen LogP contribution in [0.4, 0.5) is 17.5 Å². The van der Waals surface area contributed by atoms with Crippen molar-refractivity contribution in [2.45, 2.75) is 58.0 Å². The molecule has 0 radical (unpaired) electrons. The van der Waals surface area contributed by atoms with Crippen molar-refractivity contribution < 1.29 is 4.79 Å². The monoisotopic (exact) mass is 459 g/mol. The lowest BCUT2D eigenvalue weighted by atomic mass is 9.86. The van der Waals surface area contributed by atoms with E-state index in [2.05, 4.69) is 56.1 Å². The highest BCUT2D eigenvalue weighted by Crippen LogP contribution is 2.24. The fourth-order valence-corrected chi connectivity index (χ4v) is 3.76. The SMILES string of the molecule is CCCNc1nc(Nc2ccc(C#N)cc2)ncc1C#C[C@@H]1CCC[C@H](NC(=O)[C@H](C)NC)C1. The number of rotatable bonds is 8. The largest absolute Gasteiger partial charge is 0.369 e. The number of carbonyl (C=O) groups excluding carboxylic acids is 1. The summed E-state index contributed by atoms with van der Waals surface area (Å²) in [7, 11) is 1.79. The van der Waals surface area contributed by atoms with E-state index in [-0.39, 0.29) is 23.9 Å². The molecule has 4 N–H and O–H groups in total. The molecule has 1 heterocycles. The van der Waals surface area contributed by atoms with E-state index < -0.39 is 0 Å². The minimum Gasteiger partial charge on any atom is -0.369 e. The highest BCUT2D eigenvalue weighted by molar-refractivity contribution is 5.81. The van der Waals surface area contributed by atoms with E-state index in [9.17, 15) is 4.79 Å². The molecule has 0 spiro atoms. The number of aromatic nitrogens is 2. The van der Waals surface area contributed by atoms with Crippen LogP contribution >= 0.6 is 0 Å². The first kappa shape index (κ1) is 25.0. The van der Waals surface area contributed by atoms with Crippen molar-refractivity contribution in [3.05, 3.63) is 41.6 Å². The number of benzene rings is 1. The Morgan fingerprint density at radius 2 is 2.06 bits per heavy atom. The molecular formula is C26H33N7O. The number of likely N-dealkylation sites (N-methyl/N-ethyl adjacent to an activating group) is 1. The lowest BCUT2D eigenvalue weighted by Crippen LogP contribution is -2.46. The predicted molar refractivity (Wildman–Crippen MR) is 135 cm³/mol. The second kappa shape index (κ2) is 12.6. The summed E-state index contributed by atoms with van der Waals surface area (Å²) < 4.78 is 0. The Hall–Kier alpha value is -3.62. The second-order valence-corrected chi connectivity index (χ2v) is 8.55. The minimum absolute atomic E-state index is 0.0333. The molecule has 0 aliphatic heterocycles. The fraction of sp³-hybridized carbons (Fsp3) is 0.462. The number of anilines is 3. The third-order valence-corrected chi connectivity index (χ3v) is 5.86. The van der Waals surface area contributed by atoms with Crippen LogP contribution in [-0.4, -0.2) is 41.6 Å². The number of nitrogens with zero attached hydrogens (tertiary/aromatic N) is 3. The zero-order valence-corrected chi connectivity index (χ0v) is 20.1. The Labute approximate surface area is 202 Å². The van der Waals surface area contributed by atoms with Gasteiger partial charge in [-0.05, 0) is 63.9 Å². The third kappa shape index (κ3) is 7.19. The van der Waals surface area contributed by atoms with E-state index in [0.717, 1.165) is 49.9 Å².